The van der Waals surface area contributed by atoms with Crippen molar-refractivity contribution in [3.8, 4) is 12.3 Å². The van der Waals surface area contributed by atoms with E-state index in [1.54, 1.807) is 6.92 Å². The number of alkyl halides is 2. The number of esters is 1. The molecule has 1 aliphatic rings. The van der Waals surface area contributed by atoms with Crippen LogP contribution in [0.15, 0.2) is 23.3 Å². The van der Waals surface area contributed by atoms with E-state index in [-0.39, 0.29) is 23.2 Å². The summed E-state index contributed by atoms with van der Waals surface area (Å²) in [7, 11) is 0. The third-order valence-electron chi connectivity index (χ3n) is 4.09. The van der Waals surface area contributed by atoms with Gasteiger partial charge in [-0.2, -0.15) is 0 Å². The zero-order valence-electron chi connectivity index (χ0n) is 13.8. The van der Waals surface area contributed by atoms with Crippen molar-refractivity contribution in [3.05, 3.63) is 23.3 Å². The maximum absolute atomic E-state index is 12.3. The first-order valence-corrected chi connectivity index (χ1v) is 7.37. The maximum atomic E-state index is 12.3. The lowest BCUT2D eigenvalue weighted by Crippen LogP contribution is -2.20. The summed E-state index contributed by atoms with van der Waals surface area (Å²) in [6.07, 6.45) is 5.05. The molecule has 0 spiro atoms. The Balaban J connectivity index is 2.73. The van der Waals surface area contributed by atoms with Crippen LogP contribution in [0.25, 0.3) is 0 Å². The van der Waals surface area contributed by atoms with E-state index in [1.807, 2.05) is 27.7 Å². The van der Waals surface area contributed by atoms with E-state index in [0.29, 0.717) is 5.57 Å². The van der Waals surface area contributed by atoms with E-state index < -0.39 is 19.0 Å². The molecule has 1 rings (SSSR count). The Kier molecular flexibility index (Phi) is 5.93. The molecule has 3 unspecified atom stereocenters. The van der Waals surface area contributed by atoms with Gasteiger partial charge in [0.2, 0.25) is 6.43 Å². The smallest absolute Gasteiger partial charge is 0.311 e. The normalized spacial score (nSPS) is 24.4. The minimum atomic E-state index is -2.44. The molecule has 1 fully saturated rings. The first-order chi connectivity index (χ1) is 10.1. The summed E-state index contributed by atoms with van der Waals surface area (Å²) in [5.74, 6) is 1.89. The summed E-state index contributed by atoms with van der Waals surface area (Å²) < 4.78 is 29.8. The highest BCUT2D eigenvalue weighted by molar-refractivity contribution is 5.79. The summed E-state index contributed by atoms with van der Waals surface area (Å²) in [6, 6.07) is 0. The Labute approximate surface area is 131 Å². The van der Waals surface area contributed by atoms with Crippen molar-refractivity contribution in [1.82, 2.24) is 0 Å². The maximum Gasteiger partial charge on any atom is 0.311 e. The summed E-state index contributed by atoms with van der Waals surface area (Å²) in [6.45, 7) is 9.59. The highest BCUT2D eigenvalue weighted by atomic mass is 19.3. The van der Waals surface area contributed by atoms with Crippen LogP contribution < -0.4 is 0 Å². The lowest BCUT2D eigenvalue weighted by Gasteiger charge is -2.14. The fourth-order valence-corrected chi connectivity index (χ4v) is 2.63. The second-order valence-electron chi connectivity index (χ2n) is 6.63. The molecule has 0 amide bonds. The van der Waals surface area contributed by atoms with Crippen LogP contribution in [0.2, 0.25) is 0 Å². The topological polar surface area (TPSA) is 26.3 Å². The number of carbonyl (C=O) groups excluding carboxylic acids is 1. The summed E-state index contributed by atoms with van der Waals surface area (Å²) in [4.78, 5) is 12.3. The molecule has 1 saturated carbocycles. The molecule has 0 aromatic carbocycles. The highest BCUT2D eigenvalue weighted by Crippen LogP contribution is 2.59. The van der Waals surface area contributed by atoms with Gasteiger partial charge < -0.3 is 4.74 Å². The molecule has 22 heavy (non-hydrogen) atoms. The zero-order chi connectivity index (χ0) is 17.1. The number of hydrogen-bond acceptors (Lipinski definition) is 2. The van der Waals surface area contributed by atoms with Crippen molar-refractivity contribution in [2.24, 2.45) is 17.3 Å². The molecule has 122 valence electrons. The highest BCUT2D eigenvalue weighted by Gasteiger charge is 2.61. The van der Waals surface area contributed by atoms with Crippen molar-refractivity contribution in [2.75, 3.05) is 0 Å². The quantitative estimate of drug-likeness (QED) is 0.414. The molecule has 0 bridgehead atoms. The van der Waals surface area contributed by atoms with Gasteiger partial charge in [0.25, 0.3) is 0 Å². The molecule has 0 heterocycles. The number of rotatable bonds is 6. The Hall–Kier alpha value is -1.63. The Morgan fingerprint density at radius 3 is 2.41 bits per heavy atom. The van der Waals surface area contributed by atoms with E-state index in [2.05, 4.69) is 12.0 Å². The van der Waals surface area contributed by atoms with Gasteiger partial charge in [0.1, 0.15) is 0 Å². The summed E-state index contributed by atoms with van der Waals surface area (Å²) in [5.41, 5.74) is 1.46. The van der Waals surface area contributed by atoms with Crippen LogP contribution in [0, 0.1) is 29.6 Å². The number of ether oxygens (including phenoxy) is 1. The largest absolute Gasteiger partial charge is 0.444 e. The van der Waals surface area contributed by atoms with E-state index in [9.17, 15) is 13.6 Å². The monoisotopic (exact) mass is 310 g/mol. The van der Waals surface area contributed by atoms with Crippen LogP contribution in [0.1, 0.15) is 41.0 Å². The SMILES string of the molecule is C#CC(OC(=O)C1C(C=C(C)C)C1(C)C)/C(C)=C/CC(F)F. The van der Waals surface area contributed by atoms with Crippen molar-refractivity contribution in [1.29, 1.82) is 0 Å². The van der Waals surface area contributed by atoms with Crippen LogP contribution in [-0.4, -0.2) is 18.5 Å². The number of carbonyl (C=O) groups is 1. The van der Waals surface area contributed by atoms with E-state index in [1.165, 1.54) is 6.08 Å². The van der Waals surface area contributed by atoms with Gasteiger partial charge in [0.05, 0.1) is 5.92 Å². The Bertz CT molecular complexity index is 520. The average molecular weight is 310 g/mol. The molecule has 4 heteroatoms. The molecule has 0 radical (unpaired) electrons. The van der Waals surface area contributed by atoms with E-state index in [4.69, 9.17) is 11.2 Å². The summed E-state index contributed by atoms with van der Waals surface area (Å²) >= 11 is 0. The van der Waals surface area contributed by atoms with Crippen molar-refractivity contribution >= 4 is 5.97 Å². The zero-order valence-corrected chi connectivity index (χ0v) is 13.8. The fraction of sp³-hybridized carbons (Fsp3) is 0.611. The van der Waals surface area contributed by atoms with E-state index in [0.717, 1.165) is 5.57 Å². The average Bonchev–Trinajstić information content (AvgIpc) is 2.93. The van der Waals surface area contributed by atoms with Gasteiger partial charge in [-0.15, -0.1) is 6.42 Å². The predicted molar refractivity (Wildman–Crippen MR) is 83.3 cm³/mol. The number of halogens is 2. The Morgan fingerprint density at radius 1 is 1.36 bits per heavy atom. The van der Waals surface area contributed by atoms with Gasteiger partial charge in [0, 0.05) is 6.42 Å². The third kappa shape index (κ3) is 4.43. The molecule has 0 aliphatic heterocycles. The third-order valence-corrected chi connectivity index (χ3v) is 4.09. The summed E-state index contributed by atoms with van der Waals surface area (Å²) in [5, 5.41) is 0. The first kappa shape index (κ1) is 18.4. The van der Waals surface area contributed by atoms with Crippen molar-refractivity contribution in [3.63, 3.8) is 0 Å². The number of terminal acetylenes is 1. The Morgan fingerprint density at radius 2 is 1.95 bits per heavy atom. The van der Waals surface area contributed by atoms with Gasteiger partial charge in [-0.3, -0.25) is 4.79 Å². The lowest BCUT2D eigenvalue weighted by molar-refractivity contribution is -0.147. The predicted octanol–water partition coefficient (Wildman–Crippen LogP) is 4.37. The van der Waals surface area contributed by atoms with Gasteiger partial charge >= 0.3 is 5.97 Å². The van der Waals surface area contributed by atoms with Crippen molar-refractivity contribution < 1.29 is 18.3 Å². The van der Waals surface area contributed by atoms with E-state index >= 15 is 0 Å². The molecular weight excluding hydrogens is 286 g/mol. The van der Waals surface area contributed by atoms with Crippen LogP contribution in [0.5, 0.6) is 0 Å². The molecule has 0 saturated heterocycles. The van der Waals surface area contributed by atoms with Crippen LogP contribution in [-0.2, 0) is 9.53 Å². The molecule has 2 nitrogen and oxygen atoms in total. The van der Waals surface area contributed by atoms with Gasteiger partial charge in [-0.1, -0.05) is 37.5 Å². The van der Waals surface area contributed by atoms with Crippen LogP contribution in [0.3, 0.4) is 0 Å². The molecular formula is C18H24F2O2. The second-order valence-corrected chi connectivity index (χ2v) is 6.63. The van der Waals surface area contributed by atoms with Gasteiger partial charge in [0.15, 0.2) is 6.10 Å². The molecule has 0 aromatic rings. The molecule has 1 aliphatic carbocycles. The number of hydrogen-bond donors (Lipinski definition) is 0. The first-order valence-electron chi connectivity index (χ1n) is 7.37. The minimum Gasteiger partial charge on any atom is -0.444 e. The fourth-order valence-electron chi connectivity index (χ4n) is 2.63. The van der Waals surface area contributed by atoms with Gasteiger partial charge in [-0.05, 0) is 37.7 Å². The molecule has 0 N–H and O–H groups in total. The van der Waals surface area contributed by atoms with Crippen molar-refractivity contribution in [2.45, 2.75) is 53.6 Å². The van der Waals surface area contributed by atoms with Crippen LogP contribution in [0.4, 0.5) is 8.78 Å². The molecule has 3 atom stereocenters. The van der Waals surface area contributed by atoms with Gasteiger partial charge in [-0.25, -0.2) is 8.78 Å². The standard InChI is InChI=1S/C18H24F2O2/c1-7-14(12(4)8-9-15(19)20)22-17(21)16-13(10-11(2)3)18(16,5)6/h1,8,10,13-16H,9H2,2-6H3/b12-8+. The molecule has 0 aromatic heterocycles. The lowest BCUT2D eigenvalue weighted by atomic mass is 10.1. The second kappa shape index (κ2) is 7.09. The van der Waals surface area contributed by atoms with Crippen LogP contribution >= 0.6 is 0 Å². The minimum absolute atomic E-state index is 0.133. The number of allylic oxidation sites excluding steroid dienone is 3.